The first-order valence-corrected chi connectivity index (χ1v) is 9.13. The zero-order valence-corrected chi connectivity index (χ0v) is 15.3. The third-order valence-corrected chi connectivity index (χ3v) is 6.44. The Morgan fingerprint density at radius 2 is 2.04 bits per heavy atom. The van der Waals surface area contributed by atoms with Crippen molar-refractivity contribution in [1.82, 2.24) is 9.97 Å². The molecule has 0 saturated heterocycles. The molecule has 23 heavy (non-hydrogen) atoms. The molecular formula is C17H27N5S. The van der Waals surface area contributed by atoms with Crippen molar-refractivity contribution in [3.05, 3.63) is 10.4 Å². The molecule has 0 aromatic carbocycles. The Hall–Kier alpha value is -1.40. The maximum Gasteiger partial charge on any atom is 0.222 e. The molecule has 5 N–H and O–H groups in total. The number of thiophene rings is 1. The number of hydrogen-bond donors (Lipinski definition) is 3. The van der Waals surface area contributed by atoms with Crippen LogP contribution in [0.2, 0.25) is 0 Å². The zero-order chi connectivity index (χ0) is 16.8. The van der Waals surface area contributed by atoms with Crippen LogP contribution in [0.25, 0.3) is 10.2 Å². The Bertz CT molecular complexity index is 716. The summed E-state index contributed by atoms with van der Waals surface area (Å²) < 4.78 is 1.13. The van der Waals surface area contributed by atoms with Gasteiger partial charge in [0.05, 0.1) is 10.2 Å². The van der Waals surface area contributed by atoms with Gasteiger partial charge in [0, 0.05) is 11.9 Å². The SMILES string of the molecule is CNc1nc(N)nc2c3c(sc12)C(CCN)CC(C(C)(C)C)C3. The molecule has 5 nitrogen and oxygen atoms in total. The van der Waals surface area contributed by atoms with Crippen LogP contribution in [0.1, 0.15) is 50.0 Å². The van der Waals surface area contributed by atoms with Gasteiger partial charge in [0.15, 0.2) is 0 Å². The summed E-state index contributed by atoms with van der Waals surface area (Å²) in [6, 6.07) is 0. The first kappa shape index (κ1) is 16.5. The maximum atomic E-state index is 5.93. The number of aromatic nitrogens is 2. The number of nitrogens with one attached hydrogen (secondary N) is 1. The molecule has 6 heteroatoms. The number of hydrogen-bond acceptors (Lipinski definition) is 6. The van der Waals surface area contributed by atoms with Crippen molar-refractivity contribution in [3.8, 4) is 0 Å². The summed E-state index contributed by atoms with van der Waals surface area (Å²) in [6.07, 6.45) is 3.31. The fourth-order valence-electron chi connectivity index (χ4n) is 3.64. The Morgan fingerprint density at radius 1 is 1.30 bits per heavy atom. The summed E-state index contributed by atoms with van der Waals surface area (Å²) in [4.78, 5) is 10.4. The van der Waals surface area contributed by atoms with Crippen LogP contribution in [-0.4, -0.2) is 23.6 Å². The fraction of sp³-hybridized carbons (Fsp3) is 0.647. The summed E-state index contributed by atoms with van der Waals surface area (Å²) in [7, 11) is 1.88. The van der Waals surface area contributed by atoms with E-state index in [0.29, 0.717) is 17.8 Å². The van der Waals surface area contributed by atoms with Crippen molar-refractivity contribution in [2.45, 2.75) is 46.0 Å². The lowest BCUT2D eigenvalue weighted by Crippen LogP contribution is -2.29. The largest absolute Gasteiger partial charge is 0.372 e. The number of anilines is 2. The van der Waals surface area contributed by atoms with Gasteiger partial charge >= 0.3 is 0 Å². The second-order valence-electron chi connectivity index (χ2n) is 7.58. The molecule has 0 radical (unpaired) electrons. The minimum atomic E-state index is 0.281. The molecule has 2 unspecified atom stereocenters. The van der Waals surface area contributed by atoms with Crippen LogP contribution in [0.15, 0.2) is 0 Å². The zero-order valence-electron chi connectivity index (χ0n) is 14.4. The molecule has 0 amide bonds. The highest BCUT2D eigenvalue weighted by atomic mass is 32.1. The van der Waals surface area contributed by atoms with Crippen LogP contribution in [0.5, 0.6) is 0 Å². The fourth-order valence-corrected chi connectivity index (χ4v) is 5.06. The minimum Gasteiger partial charge on any atom is -0.372 e. The van der Waals surface area contributed by atoms with Crippen LogP contribution in [0, 0.1) is 11.3 Å². The van der Waals surface area contributed by atoms with Crippen LogP contribution in [-0.2, 0) is 6.42 Å². The molecule has 2 atom stereocenters. The van der Waals surface area contributed by atoms with E-state index in [-0.39, 0.29) is 5.41 Å². The van der Waals surface area contributed by atoms with Gasteiger partial charge in [-0.15, -0.1) is 11.3 Å². The summed E-state index contributed by atoms with van der Waals surface area (Å²) in [5.74, 6) is 2.35. The van der Waals surface area contributed by atoms with Crippen molar-refractivity contribution in [2.75, 3.05) is 24.6 Å². The normalized spacial score (nSPS) is 21.4. The molecule has 2 aromatic heterocycles. The lowest BCUT2D eigenvalue weighted by molar-refractivity contribution is 0.200. The van der Waals surface area contributed by atoms with E-state index >= 15 is 0 Å². The van der Waals surface area contributed by atoms with Crippen molar-refractivity contribution >= 4 is 33.3 Å². The van der Waals surface area contributed by atoms with E-state index in [1.807, 2.05) is 18.4 Å². The van der Waals surface area contributed by atoms with Gasteiger partial charge in [0.1, 0.15) is 5.82 Å². The molecule has 0 spiro atoms. The van der Waals surface area contributed by atoms with E-state index in [0.717, 1.165) is 35.4 Å². The summed E-state index contributed by atoms with van der Waals surface area (Å²) in [5.41, 5.74) is 14.5. The monoisotopic (exact) mass is 333 g/mol. The Kier molecular flexibility index (Phi) is 4.23. The highest BCUT2D eigenvalue weighted by molar-refractivity contribution is 7.20. The molecular weight excluding hydrogens is 306 g/mol. The van der Waals surface area contributed by atoms with Crippen LogP contribution < -0.4 is 16.8 Å². The van der Waals surface area contributed by atoms with Gasteiger partial charge < -0.3 is 16.8 Å². The van der Waals surface area contributed by atoms with Gasteiger partial charge in [-0.2, -0.15) is 4.98 Å². The van der Waals surface area contributed by atoms with Gasteiger partial charge in [0.25, 0.3) is 0 Å². The molecule has 3 rings (SSSR count). The van der Waals surface area contributed by atoms with Crippen molar-refractivity contribution in [3.63, 3.8) is 0 Å². The van der Waals surface area contributed by atoms with Gasteiger partial charge in [-0.05, 0) is 48.6 Å². The number of nitrogens with zero attached hydrogens (tertiary/aromatic N) is 2. The van der Waals surface area contributed by atoms with Crippen LogP contribution in [0.4, 0.5) is 11.8 Å². The highest BCUT2D eigenvalue weighted by Crippen LogP contribution is 2.50. The van der Waals surface area contributed by atoms with Crippen molar-refractivity contribution in [2.24, 2.45) is 17.1 Å². The summed E-state index contributed by atoms with van der Waals surface area (Å²) >= 11 is 1.82. The average Bonchev–Trinajstić information content (AvgIpc) is 2.85. The molecule has 2 heterocycles. The highest BCUT2D eigenvalue weighted by Gasteiger charge is 2.36. The van der Waals surface area contributed by atoms with E-state index < -0.39 is 0 Å². The molecule has 0 saturated carbocycles. The molecule has 2 aromatic rings. The first-order valence-electron chi connectivity index (χ1n) is 8.31. The molecule has 126 valence electrons. The van der Waals surface area contributed by atoms with Crippen LogP contribution >= 0.6 is 11.3 Å². The van der Waals surface area contributed by atoms with Gasteiger partial charge in [-0.25, -0.2) is 4.98 Å². The minimum absolute atomic E-state index is 0.281. The summed E-state index contributed by atoms with van der Waals surface area (Å²) in [6.45, 7) is 7.72. The topological polar surface area (TPSA) is 89.8 Å². The standard InChI is InChI=1S/C17H27N5S/c1-17(2,3)10-7-9(5-6-18)13-11(8-10)12-14(23-13)15(20-4)22-16(19)21-12/h9-10H,5-8,18H2,1-4H3,(H3,19,20,21,22). The van der Waals surface area contributed by atoms with E-state index in [1.165, 1.54) is 16.9 Å². The van der Waals surface area contributed by atoms with Gasteiger partial charge in [-0.1, -0.05) is 20.8 Å². The number of nitrogens with two attached hydrogens (primary N) is 2. The Morgan fingerprint density at radius 3 is 2.65 bits per heavy atom. The summed E-state index contributed by atoms with van der Waals surface area (Å²) in [5, 5.41) is 3.16. The molecule has 0 bridgehead atoms. The third-order valence-electron chi connectivity index (χ3n) is 5.05. The number of nitrogen functional groups attached to an aromatic ring is 1. The number of fused-ring (bicyclic) bond motifs is 3. The maximum absolute atomic E-state index is 5.93. The third kappa shape index (κ3) is 2.90. The lowest BCUT2D eigenvalue weighted by atomic mass is 9.68. The quantitative estimate of drug-likeness (QED) is 0.801. The van der Waals surface area contributed by atoms with Gasteiger partial charge in [-0.3, -0.25) is 0 Å². The second-order valence-corrected chi connectivity index (χ2v) is 8.63. The predicted molar refractivity (Wildman–Crippen MR) is 99.1 cm³/mol. The van der Waals surface area contributed by atoms with E-state index in [9.17, 15) is 0 Å². The Balaban J connectivity index is 2.18. The van der Waals surface area contributed by atoms with Crippen LogP contribution in [0.3, 0.4) is 0 Å². The molecule has 0 fully saturated rings. The average molecular weight is 334 g/mol. The Labute approximate surface area is 141 Å². The predicted octanol–water partition coefficient (Wildman–Crippen LogP) is 3.36. The second kappa shape index (κ2) is 5.91. The van der Waals surface area contributed by atoms with E-state index in [2.05, 4.69) is 36.1 Å². The smallest absolute Gasteiger partial charge is 0.222 e. The van der Waals surface area contributed by atoms with E-state index in [1.54, 1.807) is 0 Å². The first-order chi connectivity index (χ1) is 10.8. The molecule has 0 aliphatic heterocycles. The van der Waals surface area contributed by atoms with Crippen molar-refractivity contribution < 1.29 is 0 Å². The lowest BCUT2D eigenvalue weighted by Gasteiger charge is -2.37. The van der Waals surface area contributed by atoms with Gasteiger partial charge in [0.2, 0.25) is 5.95 Å². The molecule has 1 aliphatic rings. The van der Waals surface area contributed by atoms with Crippen molar-refractivity contribution in [1.29, 1.82) is 0 Å². The number of rotatable bonds is 3. The molecule has 1 aliphatic carbocycles. The van der Waals surface area contributed by atoms with E-state index in [4.69, 9.17) is 11.5 Å².